The molecule has 0 radical (unpaired) electrons. The van der Waals surface area contributed by atoms with E-state index in [9.17, 15) is 0 Å². The first kappa shape index (κ1) is 14.9. The zero-order valence-electron chi connectivity index (χ0n) is 11.6. The average Bonchev–Trinajstić information content (AvgIpc) is 2.82. The summed E-state index contributed by atoms with van der Waals surface area (Å²) in [5.41, 5.74) is 8.74. The SMILES string of the molecule is CCSc1cccc(NCc2ccn(C)n2)c1C(N)=S. The minimum Gasteiger partial charge on any atom is -0.389 e. The molecule has 6 heteroatoms. The summed E-state index contributed by atoms with van der Waals surface area (Å²) in [6, 6.07) is 8.05. The second kappa shape index (κ2) is 6.76. The van der Waals surface area contributed by atoms with Crippen LogP contribution in [0.5, 0.6) is 0 Å². The van der Waals surface area contributed by atoms with Crippen LogP contribution in [0.1, 0.15) is 18.2 Å². The highest BCUT2D eigenvalue weighted by molar-refractivity contribution is 7.99. The topological polar surface area (TPSA) is 55.9 Å². The van der Waals surface area contributed by atoms with Crippen LogP contribution in [-0.4, -0.2) is 20.5 Å². The Morgan fingerprint density at radius 3 is 2.85 bits per heavy atom. The third-order valence-electron chi connectivity index (χ3n) is 2.80. The number of aryl methyl sites for hydroxylation is 1. The van der Waals surface area contributed by atoms with Gasteiger partial charge in [-0.15, -0.1) is 11.8 Å². The number of thiocarbonyl (C=S) groups is 1. The number of rotatable bonds is 6. The van der Waals surface area contributed by atoms with E-state index < -0.39 is 0 Å². The van der Waals surface area contributed by atoms with E-state index in [0.29, 0.717) is 11.5 Å². The molecule has 0 atom stereocenters. The van der Waals surface area contributed by atoms with Gasteiger partial charge in [-0.2, -0.15) is 5.10 Å². The molecule has 0 fully saturated rings. The van der Waals surface area contributed by atoms with Crippen molar-refractivity contribution >= 4 is 34.7 Å². The van der Waals surface area contributed by atoms with Gasteiger partial charge >= 0.3 is 0 Å². The molecule has 3 N–H and O–H groups in total. The van der Waals surface area contributed by atoms with Gasteiger partial charge in [0.15, 0.2) is 0 Å². The Morgan fingerprint density at radius 2 is 2.25 bits per heavy atom. The maximum atomic E-state index is 5.88. The molecule has 0 aliphatic carbocycles. The maximum Gasteiger partial charge on any atom is 0.107 e. The molecule has 4 nitrogen and oxygen atoms in total. The summed E-state index contributed by atoms with van der Waals surface area (Å²) < 4.78 is 1.79. The average molecular weight is 306 g/mol. The highest BCUT2D eigenvalue weighted by atomic mass is 32.2. The molecule has 0 spiro atoms. The Balaban J connectivity index is 2.22. The predicted octanol–water partition coefficient (Wildman–Crippen LogP) is 2.78. The second-order valence-electron chi connectivity index (χ2n) is 4.31. The zero-order chi connectivity index (χ0) is 14.5. The molecule has 0 bridgehead atoms. The molecule has 20 heavy (non-hydrogen) atoms. The number of nitrogens with one attached hydrogen (secondary N) is 1. The molecule has 106 valence electrons. The van der Waals surface area contributed by atoms with E-state index >= 15 is 0 Å². The first-order valence-electron chi connectivity index (χ1n) is 6.39. The monoisotopic (exact) mass is 306 g/mol. The standard InChI is InChI=1S/C14H18N4S2/c1-3-20-12-6-4-5-11(13(12)14(15)19)16-9-10-7-8-18(2)17-10/h4-8,16H,3,9H2,1-2H3,(H2,15,19). The summed E-state index contributed by atoms with van der Waals surface area (Å²) in [4.78, 5) is 1.54. The summed E-state index contributed by atoms with van der Waals surface area (Å²) in [7, 11) is 1.91. The van der Waals surface area contributed by atoms with E-state index in [1.807, 2.05) is 31.4 Å². The molecule has 0 unspecified atom stereocenters. The molecule has 0 amide bonds. The molecule has 0 aliphatic rings. The van der Waals surface area contributed by atoms with Gasteiger partial charge in [-0.3, -0.25) is 4.68 Å². The van der Waals surface area contributed by atoms with Gasteiger partial charge in [0, 0.05) is 29.4 Å². The minimum atomic E-state index is 0.421. The number of anilines is 1. The lowest BCUT2D eigenvalue weighted by molar-refractivity contribution is 0.747. The van der Waals surface area contributed by atoms with E-state index in [1.54, 1.807) is 16.4 Å². The van der Waals surface area contributed by atoms with Crippen LogP contribution in [-0.2, 0) is 13.6 Å². The fourth-order valence-corrected chi connectivity index (χ4v) is 3.09. The summed E-state index contributed by atoms with van der Waals surface area (Å²) in [5, 5.41) is 7.71. The maximum absolute atomic E-state index is 5.88. The van der Waals surface area contributed by atoms with Gasteiger partial charge in [-0.25, -0.2) is 0 Å². The van der Waals surface area contributed by atoms with Gasteiger partial charge in [0.2, 0.25) is 0 Å². The van der Waals surface area contributed by atoms with Crippen LogP contribution in [0.2, 0.25) is 0 Å². The largest absolute Gasteiger partial charge is 0.389 e. The lowest BCUT2D eigenvalue weighted by atomic mass is 10.1. The summed E-state index contributed by atoms with van der Waals surface area (Å²) in [6.45, 7) is 2.76. The van der Waals surface area contributed by atoms with Crippen LogP contribution in [0.4, 0.5) is 5.69 Å². The third-order valence-corrected chi connectivity index (χ3v) is 3.95. The number of nitrogens with two attached hydrogens (primary N) is 1. The van der Waals surface area contributed by atoms with Crippen LogP contribution in [0.15, 0.2) is 35.4 Å². The fourth-order valence-electron chi connectivity index (χ4n) is 1.95. The van der Waals surface area contributed by atoms with Gasteiger partial charge in [0.1, 0.15) is 4.99 Å². The van der Waals surface area contributed by atoms with Gasteiger partial charge in [0.25, 0.3) is 0 Å². The molecule has 1 aromatic carbocycles. The fraction of sp³-hybridized carbons (Fsp3) is 0.286. The van der Waals surface area contributed by atoms with Crippen molar-refractivity contribution in [3.63, 3.8) is 0 Å². The summed E-state index contributed by atoms with van der Waals surface area (Å²) in [5.74, 6) is 0.985. The van der Waals surface area contributed by atoms with Gasteiger partial charge in [-0.05, 0) is 24.0 Å². The number of nitrogens with zero attached hydrogens (tertiary/aromatic N) is 2. The van der Waals surface area contributed by atoms with Crippen molar-refractivity contribution in [1.29, 1.82) is 0 Å². The Labute approximate surface area is 128 Å². The van der Waals surface area contributed by atoms with Crippen LogP contribution >= 0.6 is 24.0 Å². The molecule has 0 saturated heterocycles. The number of hydrogen-bond donors (Lipinski definition) is 2. The summed E-state index contributed by atoms with van der Waals surface area (Å²) in [6.07, 6.45) is 1.93. The van der Waals surface area contributed by atoms with Gasteiger partial charge < -0.3 is 11.1 Å². The van der Waals surface area contributed by atoms with Gasteiger partial charge in [0.05, 0.1) is 12.2 Å². The molecule has 2 rings (SSSR count). The molecule has 1 heterocycles. The number of hydrogen-bond acceptors (Lipinski definition) is 4. The van der Waals surface area contributed by atoms with E-state index in [2.05, 4.69) is 23.4 Å². The van der Waals surface area contributed by atoms with Crippen molar-refractivity contribution in [2.45, 2.75) is 18.4 Å². The highest BCUT2D eigenvalue weighted by Gasteiger charge is 2.11. The van der Waals surface area contributed by atoms with Crippen LogP contribution in [0.25, 0.3) is 0 Å². The second-order valence-corrected chi connectivity index (χ2v) is 6.06. The smallest absolute Gasteiger partial charge is 0.107 e. The van der Waals surface area contributed by atoms with Crippen molar-refractivity contribution in [1.82, 2.24) is 9.78 Å². The third kappa shape index (κ3) is 3.52. The first-order chi connectivity index (χ1) is 9.61. The molecule has 1 aromatic heterocycles. The van der Waals surface area contributed by atoms with Crippen LogP contribution in [0.3, 0.4) is 0 Å². The van der Waals surface area contributed by atoms with E-state index in [1.165, 1.54) is 0 Å². The Morgan fingerprint density at radius 1 is 1.45 bits per heavy atom. The molecule has 0 saturated carbocycles. The Kier molecular flexibility index (Phi) is 5.03. The molecule has 0 aliphatic heterocycles. The quantitative estimate of drug-likeness (QED) is 0.635. The lowest BCUT2D eigenvalue weighted by Gasteiger charge is -2.14. The van der Waals surface area contributed by atoms with E-state index in [0.717, 1.165) is 27.6 Å². The number of aromatic nitrogens is 2. The number of benzene rings is 1. The first-order valence-corrected chi connectivity index (χ1v) is 7.79. The Hall–Kier alpha value is -1.53. The van der Waals surface area contributed by atoms with E-state index in [-0.39, 0.29) is 0 Å². The molecular weight excluding hydrogens is 288 g/mol. The van der Waals surface area contributed by atoms with Crippen LogP contribution < -0.4 is 11.1 Å². The lowest BCUT2D eigenvalue weighted by Crippen LogP contribution is -2.14. The highest BCUT2D eigenvalue weighted by Crippen LogP contribution is 2.28. The predicted molar refractivity (Wildman–Crippen MR) is 89.3 cm³/mol. The van der Waals surface area contributed by atoms with Crippen molar-refractivity contribution in [3.05, 3.63) is 41.7 Å². The van der Waals surface area contributed by atoms with Crippen molar-refractivity contribution in [2.24, 2.45) is 12.8 Å². The molecule has 2 aromatic rings. The zero-order valence-corrected chi connectivity index (χ0v) is 13.2. The van der Waals surface area contributed by atoms with Crippen molar-refractivity contribution < 1.29 is 0 Å². The van der Waals surface area contributed by atoms with Crippen molar-refractivity contribution in [2.75, 3.05) is 11.1 Å². The van der Waals surface area contributed by atoms with Crippen molar-refractivity contribution in [3.8, 4) is 0 Å². The minimum absolute atomic E-state index is 0.421. The van der Waals surface area contributed by atoms with Crippen LogP contribution in [0, 0.1) is 0 Å². The molecular formula is C14H18N4S2. The van der Waals surface area contributed by atoms with E-state index in [4.69, 9.17) is 18.0 Å². The normalized spacial score (nSPS) is 10.5. The summed E-state index contributed by atoms with van der Waals surface area (Å²) >= 11 is 6.93. The number of thioether (sulfide) groups is 1. The Bertz CT molecular complexity index is 607. The van der Waals surface area contributed by atoms with Gasteiger partial charge in [-0.1, -0.05) is 25.2 Å².